The number of rotatable bonds is 4. The fraction of sp³-hybridized carbons (Fsp3) is 0.200. The van der Waals surface area contributed by atoms with E-state index in [9.17, 15) is 18.0 Å². The number of hydrogen-bond donors (Lipinski definition) is 2. The summed E-state index contributed by atoms with van der Waals surface area (Å²) in [6.07, 6.45) is -3.52. The van der Waals surface area contributed by atoms with Gasteiger partial charge in [0, 0.05) is 5.75 Å². The molecule has 7 nitrogen and oxygen atoms in total. The van der Waals surface area contributed by atoms with Crippen molar-refractivity contribution in [3.05, 3.63) is 41.6 Å². The van der Waals surface area contributed by atoms with Crippen molar-refractivity contribution < 1.29 is 22.7 Å². The number of fused-ring (bicyclic) bond motifs is 1. The van der Waals surface area contributed by atoms with Crippen LogP contribution in [0.15, 0.2) is 35.6 Å². The molecular weight excluding hydrogens is 371 g/mol. The third-order valence-corrected chi connectivity index (χ3v) is 4.20. The topological polar surface area (TPSA) is 92.8 Å². The summed E-state index contributed by atoms with van der Waals surface area (Å²) in [7, 11) is 1.23. The Kier molecular flexibility index (Phi) is 4.98. The lowest BCUT2D eigenvalue weighted by molar-refractivity contribution is -0.137. The van der Waals surface area contributed by atoms with Gasteiger partial charge in [0.15, 0.2) is 10.8 Å². The SMILES string of the molecule is COC(=O)Nc1nc2nc(SCc3ccc(C(F)(F)F)cc3)ncc2[nH]1. The van der Waals surface area contributed by atoms with Crippen LogP contribution in [0, 0.1) is 0 Å². The second-order valence-electron chi connectivity index (χ2n) is 5.08. The maximum Gasteiger partial charge on any atom is 0.416 e. The first-order chi connectivity index (χ1) is 12.3. The summed E-state index contributed by atoms with van der Waals surface area (Å²) in [6, 6.07) is 4.92. The predicted octanol–water partition coefficient (Wildman–Crippen LogP) is 3.84. The zero-order valence-corrected chi connectivity index (χ0v) is 14.1. The molecule has 0 radical (unpaired) electrons. The van der Waals surface area contributed by atoms with Crippen molar-refractivity contribution in [2.24, 2.45) is 0 Å². The lowest BCUT2D eigenvalue weighted by atomic mass is 10.1. The highest BCUT2D eigenvalue weighted by molar-refractivity contribution is 7.98. The average Bonchev–Trinajstić information content (AvgIpc) is 3.00. The zero-order chi connectivity index (χ0) is 18.7. The van der Waals surface area contributed by atoms with Crippen molar-refractivity contribution >= 4 is 35.0 Å². The van der Waals surface area contributed by atoms with E-state index in [0.717, 1.165) is 12.1 Å². The molecule has 2 aromatic heterocycles. The highest BCUT2D eigenvalue weighted by Crippen LogP contribution is 2.30. The normalized spacial score (nSPS) is 11.5. The van der Waals surface area contributed by atoms with Gasteiger partial charge < -0.3 is 9.72 Å². The summed E-state index contributed by atoms with van der Waals surface area (Å²) < 4.78 is 42.1. The lowest BCUT2D eigenvalue weighted by Crippen LogP contribution is -2.11. The van der Waals surface area contributed by atoms with Gasteiger partial charge in [-0.05, 0) is 17.7 Å². The first-order valence-electron chi connectivity index (χ1n) is 7.22. The number of nitrogens with zero attached hydrogens (tertiary/aromatic N) is 3. The smallest absolute Gasteiger partial charge is 0.416 e. The number of amides is 1. The number of nitrogens with one attached hydrogen (secondary N) is 2. The molecule has 2 N–H and O–H groups in total. The monoisotopic (exact) mass is 383 g/mol. The third-order valence-electron chi connectivity index (χ3n) is 3.27. The molecule has 136 valence electrons. The molecule has 0 saturated carbocycles. The molecule has 0 aliphatic rings. The van der Waals surface area contributed by atoms with E-state index in [1.165, 1.54) is 37.2 Å². The molecule has 1 amide bonds. The quantitative estimate of drug-likeness (QED) is 0.525. The Morgan fingerprint density at radius 2 is 2.00 bits per heavy atom. The van der Waals surface area contributed by atoms with E-state index in [4.69, 9.17) is 0 Å². The number of methoxy groups -OCH3 is 1. The first kappa shape index (κ1) is 18.0. The summed E-state index contributed by atoms with van der Waals surface area (Å²) in [5.74, 6) is 0.576. The van der Waals surface area contributed by atoms with Crippen LogP contribution in [0.3, 0.4) is 0 Å². The number of carbonyl (C=O) groups excluding carboxylic acids is 1. The molecule has 3 rings (SSSR count). The molecule has 0 saturated heterocycles. The summed E-state index contributed by atoms with van der Waals surface area (Å²) in [6.45, 7) is 0. The minimum absolute atomic E-state index is 0.172. The van der Waals surface area contributed by atoms with Crippen molar-refractivity contribution in [1.29, 1.82) is 0 Å². The van der Waals surface area contributed by atoms with Crippen LogP contribution in [0.4, 0.5) is 23.9 Å². The van der Waals surface area contributed by atoms with Gasteiger partial charge in [-0.15, -0.1) is 0 Å². The highest BCUT2D eigenvalue weighted by Gasteiger charge is 2.29. The average molecular weight is 383 g/mol. The van der Waals surface area contributed by atoms with Gasteiger partial charge in [-0.3, -0.25) is 5.32 Å². The third kappa shape index (κ3) is 4.23. The minimum atomic E-state index is -4.35. The highest BCUT2D eigenvalue weighted by atomic mass is 32.2. The summed E-state index contributed by atoms with van der Waals surface area (Å²) in [4.78, 5) is 26.5. The maximum absolute atomic E-state index is 12.6. The van der Waals surface area contributed by atoms with Crippen molar-refractivity contribution in [2.75, 3.05) is 12.4 Å². The number of thioether (sulfide) groups is 1. The van der Waals surface area contributed by atoms with E-state index in [1.807, 2.05) is 0 Å². The van der Waals surface area contributed by atoms with Crippen LogP contribution in [-0.2, 0) is 16.7 Å². The first-order valence-corrected chi connectivity index (χ1v) is 8.20. The number of halogens is 3. The van der Waals surface area contributed by atoms with E-state index < -0.39 is 17.8 Å². The van der Waals surface area contributed by atoms with Gasteiger partial charge in [-0.1, -0.05) is 23.9 Å². The van der Waals surface area contributed by atoms with Gasteiger partial charge in [0.1, 0.15) is 5.52 Å². The number of benzene rings is 1. The fourth-order valence-corrected chi connectivity index (χ4v) is 2.77. The van der Waals surface area contributed by atoms with E-state index in [0.29, 0.717) is 27.6 Å². The predicted molar refractivity (Wildman–Crippen MR) is 88.7 cm³/mol. The number of imidazole rings is 1. The number of aromatic amines is 1. The van der Waals surface area contributed by atoms with Crippen molar-refractivity contribution in [3.8, 4) is 0 Å². The molecule has 0 fully saturated rings. The van der Waals surface area contributed by atoms with Gasteiger partial charge in [0.25, 0.3) is 0 Å². The molecule has 0 atom stereocenters. The van der Waals surface area contributed by atoms with Gasteiger partial charge in [-0.2, -0.15) is 18.2 Å². The van der Waals surface area contributed by atoms with Crippen LogP contribution < -0.4 is 5.32 Å². The molecule has 3 aromatic rings. The van der Waals surface area contributed by atoms with E-state index in [2.05, 4.69) is 30.0 Å². The molecule has 0 unspecified atom stereocenters. The second kappa shape index (κ2) is 7.20. The van der Waals surface area contributed by atoms with Crippen LogP contribution in [0.1, 0.15) is 11.1 Å². The van der Waals surface area contributed by atoms with E-state index in [-0.39, 0.29) is 5.95 Å². The molecule has 11 heteroatoms. The Balaban J connectivity index is 1.68. The number of H-pyrrole nitrogens is 1. The minimum Gasteiger partial charge on any atom is -0.453 e. The Hall–Kier alpha value is -2.82. The zero-order valence-electron chi connectivity index (χ0n) is 13.3. The second-order valence-corrected chi connectivity index (χ2v) is 6.02. The van der Waals surface area contributed by atoms with Gasteiger partial charge in [-0.25, -0.2) is 14.8 Å². The molecule has 26 heavy (non-hydrogen) atoms. The number of anilines is 1. The largest absolute Gasteiger partial charge is 0.453 e. The molecular formula is C15H12F3N5O2S. The van der Waals surface area contributed by atoms with Crippen LogP contribution in [0.25, 0.3) is 11.2 Å². The molecule has 0 aliphatic carbocycles. The van der Waals surface area contributed by atoms with Crippen LogP contribution in [-0.4, -0.2) is 33.1 Å². The fourth-order valence-electron chi connectivity index (χ4n) is 2.01. The van der Waals surface area contributed by atoms with E-state index >= 15 is 0 Å². The number of carbonyl (C=O) groups is 1. The van der Waals surface area contributed by atoms with Gasteiger partial charge in [0.05, 0.1) is 18.9 Å². The van der Waals surface area contributed by atoms with Gasteiger partial charge in [0.2, 0.25) is 5.95 Å². The molecule has 1 aromatic carbocycles. The lowest BCUT2D eigenvalue weighted by Gasteiger charge is -2.07. The van der Waals surface area contributed by atoms with Gasteiger partial charge >= 0.3 is 12.3 Å². The van der Waals surface area contributed by atoms with Crippen molar-refractivity contribution in [3.63, 3.8) is 0 Å². The Morgan fingerprint density at radius 3 is 2.65 bits per heavy atom. The van der Waals surface area contributed by atoms with Crippen LogP contribution in [0.2, 0.25) is 0 Å². The molecule has 0 spiro atoms. The summed E-state index contributed by atoms with van der Waals surface area (Å²) in [5.41, 5.74) is 0.893. The van der Waals surface area contributed by atoms with Crippen molar-refractivity contribution in [2.45, 2.75) is 17.1 Å². The Labute approximate surface area is 149 Å². The van der Waals surface area contributed by atoms with Crippen LogP contribution >= 0.6 is 11.8 Å². The Bertz CT molecular complexity index is 927. The number of ether oxygens (including phenoxy) is 1. The van der Waals surface area contributed by atoms with Crippen molar-refractivity contribution in [1.82, 2.24) is 19.9 Å². The number of hydrogen-bond acceptors (Lipinski definition) is 6. The molecule has 2 heterocycles. The summed E-state index contributed by atoms with van der Waals surface area (Å²) >= 11 is 1.26. The Morgan fingerprint density at radius 1 is 1.27 bits per heavy atom. The number of aromatic nitrogens is 4. The molecule has 0 aliphatic heterocycles. The number of alkyl halides is 3. The molecule has 0 bridgehead atoms. The maximum atomic E-state index is 12.6. The van der Waals surface area contributed by atoms with Crippen LogP contribution in [0.5, 0.6) is 0 Å². The summed E-state index contributed by atoms with van der Waals surface area (Å²) in [5, 5.41) is 2.79. The van der Waals surface area contributed by atoms with E-state index in [1.54, 1.807) is 0 Å². The standard InChI is InChI=1S/C15H12F3N5O2S/c1-25-14(24)23-12-20-10-6-19-13(22-11(10)21-12)26-7-8-2-4-9(5-3-8)15(16,17)18/h2-6H,7H2,1H3,(H2,19,20,21,22,23,24).